The molecule has 32 heavy (non-hydrogen) atoms. The third-order valence-corrected chi connectivity index (χ3v) is 11.6. The van der Waals surface area contributed by atoms with E-state index < -0.39 is 17.1 Å². The molecule has 0 spiro atoms. The molecule has 0 saturated carbocycles. The number of hydrogen-bond donors (Lipinski definition) is 0. The summed E-state index contributed by atoms with van der Waals surface area (Å²) >= 11 is 0. The summed E-state index contributed by atoms with van der Waals surface area (Å²) in [6.07, 6.45) is 0. The van der Waals surface area contributed by atoms with E-state index in [1.54, 1.807) is 24.3 Å². The van der Waals surface area contributed by atoms with Crippen LogP contribution in [0.2, 0.25) is 0 Å². The molecule has 5 heteroatoms. The van der Waals surface area contributed by atoms with Gasteiger partial charge in [-0.15, -0.1) is 24.0 Å². The van der Waals surface area contributed by atoms with Gasteiger partial charge in [-0.05, 0) is 48.5 Å². The molecule has 0 fully saturated rings. The zero-order valence-electron chi connectivity index (χ0n) is 17.5. The van der Waals surface area contributed by atoms with Gasteiger partial charge in [0.15, 0.2) is 9.84 Å². The minimum atomic E-state index is -3.54. The predicted octanol–water partition coefficient (Wildman–Crippen LogP) is 5.59. The second kappa shape index (κ2) is 10.6. The molecule has 0 aliphatic carbocycles. The molecular formula is C27H25IO2PS+. The lowest BCUT2D eigenvalue weighted by Crippen LogP contribution is -2.33. The molecule has 162 valence electrons. The first kappa shape index (κ1) is 24.4. The van der Waals surface area contributed by atoms with Crippen LogP contribution in [-0.2, 0) is 9.84 Å². The van der Waals surface area contributed by atoms with Gasteiger partial charge in [0.05, 0.1) is 10.2 Å². The van der Waals surface area contributed by atoms with Gasteiger partial charge in [0.25, 0.3) is 0 Å². The van der Waals surface area contributed by atoms with E-state index in [1.165, 1.54) is 0 Å². The van der Waals surface area contributed by atoms with Gasteiger partial charge < -0.3 is 0 Å². The number of halogens is 1. The molecule has 0 N–H and O–H groups in total. The molecule has 0 atom stereocenters. The Morgan fingerprint density at radius 3 is 1.25 bits per heavy atom. The summed E-state index contributed by atoms with van der Waals surface area (Å²) in [4.78, 5) is 0.323. The van der Waals surface area contributed by atoms with Crippen molar-refractivity contribution in [2.75, 3.05) is 5.75 Å². The maximum Gasteiger partial charge on any atom is 0.185 e. The maximum atomic E-state index is 13.3. The fourth-order valence-corrected chi connectivity index (χ4v) is 10.3. The summed E-state index contributed by atoms with van der Waals surface area (Å²) in [5, 5.41) is 4.02. The Labute approximate surface area is 208 Å². The van der Waals surface area contributed by atoms with Crippen LogP contribution in [0, 0.1) is 0 Å². The van der Waals surface area contributed by atoms with Gasteiger partial charge in [0.2, 0.25) is 0 Å². The van der Waals surface area contributed by atoms with Crippen molar-refractivity contribution in [2.24, 2.45) is 0 Å². The summed E-state index contributed by atoms with van der Waals surface area (Å²) in [5.74, 6) is -0.108. The topological polar surface area (TPSA) is 34.1 Å². The third kappa shape index (κ3) is 4.73. The molecule has 0 bridgehead atoms. The smallest absolute Gasteiger partial charge is 0.185 e. The third-order valence-electron chi connectivity index (χ3n) is 5.36. The van der Waals surface area contributed by atoms with Crippen LogP contribution in [-0.4, -0.2) is 14.2 Å². The van der Waals surface area contributed by atoms with Crippen molar-refractivity contribution < 1.29 is 8.42 Å². The van der Waals surface area contributed by atoms with Crippen LogP contribution in [0.1, 0.15) is 0 Å². The standard InChI is InChI=1S/C27H24O2PS.HI/c1-23(22-31(28,29)27-20-12-5-13-21-27)30(24-14-6-2-7-15-24,25-16-8-3-9-17-25)26-18-10-4-11-19-26;/h2-21H,1,22H2;1H/q+1;. The summed E-state index contributed by atoms with van der Waals surface area (Å²) in [5.41, 5.74) is 0. The van der Waals surface area contributed by atoms with Crippen molar-refractivity contribution in [1.82, 2.24) is 0 Å². The Kier molecular flexibility index (Phi) is 8.05. The van der Waals surface area contributed by atoms with Crippen LogP contribution in [0.25, 0.3) is 0 Å². The van der Waals surface area contributed by atoms with Crippen molar-refractivity contribution in [2.45, 2.75) is 4.90 Å². The highest BCUT2D eigenvalue weighted by Gasteiger charge is 2.49. The Morgan fingerprint density at radius 2 is 0.906 bits per heavy atom. The largest absolute Gasteiger partial charge is 0.223 e. The zero-order chi connectivity index (χ0) is 21.7. The molecule has 0 aliphatic rings. The van der Waals surface area contributed by atoms with Crippen LogP contribution >= 0.6 is 31.2 Å². The average molecular weight is 571 g/mol. The number of rotatable bonds is 7. The molecule has 4 rings (SSSR count). The first-order valence-corrected chi connectivity index (χ1v) is 13.5. The van der Waals surface area contributed by atoms with Crippen LogP contribution in [0.15, 0.2) is 138 Å². The fraction of sp³-hybridized carbons (Fsp3) is 0.0370. The van der Waals surface area contributed by atoms with Gasteiger partial charge >= 0.3 is 0 Å². The van der Waals surface area contributed by atoms with E-state index in [0.29, 0.717) is 4.90 Å². The molecule has 0 unspecified atom stereocenters. The summed E-state index contributed by atoms with van der Waals surface area (Å²) in [7, 11) is -5.97. The van der Waals surface area contributed by atoms with Crippen molar-refractivity contribution in [1.29, 1.82) is 0 Å². The summed E-state index contributed by atoms with van der Waals surface area (Å²) in [6.45, 7) is 4.44. The van der Waals surface area contributed by atoms with Gasteiger partial charge in [0, 0.05) is 0 Å². The molecule has 0 heterocycles. The molecule has 0 aromatic heterocycles. The Balaban J connectivity index is 0.00000289. The number of hydrogen-bond acceptors (Lipinski definition) is 2. The van der Waals surface area contributed by atoms with E-state index >= 15 is 0 Å². The second-order valence-electron chi connectivity index (χ2n) is 7.32. The van der Waals surface area contributed by atoms with E-state index in [2.05, 4.69) is 43.0 Å². The van der Waals surface area contributed by atoms with Crippen molar-refractivity contribution in [3.63, 3.8) is 0 Å². The van der Waals surface area contributed by atoms with E-state index in [9.17, 15) is 8.42 Å². The Morgan fingerprint density at radius 1 is 0.594 bits per heavy atom. The predicted molar refractivity (Wildman–Crippen MR) is 148 cm³/mol. The minimum absolute atomic E-state index is 0. The lowest BCUT2D eigenvalue weighted by Gasteiger charge is -2.29. The number of sulfone groups is 1. The van der Waals surface area contributed by atoms with Gasteiger partial charge in [-0.2, -0.15) is 0 Å². The second-order valence-corrected chi connectivity index (χ2v) is 12.8. The molecule has 0 amide bonds. The minimum Gasteiger partial charge on any atom is -0.223 e. The fourth-order valence-electron chi connectivity index (χ4n) is 3.98. The first-order valence-electron chi connectivity index (χ1n) is 10.1. The quantitative estimate of drug-likeness (QED) is 0.214. The molecule has 0 saturated heterocycles. The lowest BCUT2D eigenvalue weighted by atomic mass is 10.4. The Bertz CT molecular complexity index is 1160. The van der Waals surface area contributed by atoms with E-state index in [4.69, 9.17) is 0 Å². The maximum absolute atomic E-state index is 13.3. The normalized spacial score (nSPS) is 11.4. The van der Waals surface area contributed by atoms with Crippen LogP contribution < -0.4 is 15.9 Å². The molecule has 4 aromatic rings. The van der Waals surface area contributed by atoms with E-state index in [1.807, 2.05) is 60.7 Å². The van der Waals surface area contributed by atoms with Gasteiger partial charge in [-0.3, -0.25) is 0 Å². The van der Waals surface area contributed by atoms with Gasteiger partial charge in [0.1, 0.15) is 28.9 Å². The highest BCUT2D eigenvalue weighted by Crippen LogP contribution is 2.62. The highest BCUT2D eigenvalue weighted by atomic mass is 127. The molecule has 0 radical (unpaired) electrons. The summed E-state index contributed by atoms with van der Waals surface area (Å²) in [6, 6.07) is 39.2. The monoisotopic (exact) mass is 571 g/mol. The molecule has 2 nitrogen and oxygen atoms in total. The molecule has 4 aromatic carbocycles. The Hall–Kier alpha value is -2.27. The van der Waals surface area contributed by atoms with E-state index in [0.717, 1.165) is 21.2 Å². The highest BCUT2D eigenvalue weighted by molar-refractivity contribution is 14.0. The summed E-state index contributed by atoms with van der Waals surface area (Å²) < 4.78 is 26.7. The zero-order valence-corrected chi connectivity index (χ0v) is 21.6. The lowest BCUT2D eigenvalue weighted by molar-refractivity contribution is 0.599. The first-order chi connectivity index (χ1) is 15.0. The SMILES string of the molecule is C=C(CS(=O)(=O)c1ccccc1)[P+](c1ccccc1)(c1ccccc1)c1ccccc1.I. The van der Waals surface area contributed by atoms with Gasteiger partial charge in [-0.1, -0.05) is 79.4 Å². The van der Waals surface area contributed by atoms with Crippen LogP contribution in [0.3, 0.4) is 0 Å². The van der Waals surface area contributed by atoms with Crippen molar-refractivity contribution >= 4 is 57.0 Å². The van der Waals surface area contributed by atoms with Crippen LogP contribution in [0.5, 0.6) is 0 Å². The van der Waals surface area contributed by atoms with Crippen molar-refractivity contribution in [3.05, 3.63) is 133 Å². The number of benzene rings is 4. The molecular weight excluding hydrogens is 546 g/mol. The van der Waals surface area contributed by atoms with Gasteiger partial charge in [-0.25, -0.2) is 8.42 Å². The van der Waals surface area contributed by atoms with Crippen LogP contribution in [0.4, 0.5) is 0 Å². The van der Waals surface area contributed by atoms with E-state index in [-0.39, 0.29) is 29.7 Å². The average Bonchev–Trinajstić information content (AvgIpc) is 2.82. The van der Waals surface area contributed by atoms with Crippen molar-refractivity contribution in [3.8, 4) is 0 Å². The molecule has 0 aliphatic heterocycles.